The third-order valence-electron chi connectivity index (χ3n) is 2.72. The van der Waals surface area contributed by atoms with Crippen LogP contribution in [-0.2, 0) is 4.79 Å². The van der Waals surface area contributed by atoms with E-state index in [9.17, 15) is 4.79 Å². The summed E-state index contributed by atoms with van der Waals surface area (Å²) < 4.78 is 0. The van der Waals surface area contributed by atoms with Crippen LogP contribution in [-0.4, -0.2) is 11.8 Å². The largest absolute Gasteiger partial charge is 0.377 e. The molecule has 0 bridgehead atoms. The predicted octanol–water partition coefficient (Wildman–Crippen LogP) is 0.908. The quantitative estimate of drug-likeness (QED) is 0.608. The molecule has 1 aliphatic carbocycles. The summed E-state index contributed by atoms with van der Waals surface area (Å²) in [6.07, 6.45) is 13.2. The number of hydrogen-bond donors (Lipinski definition) is 2. The van der Waals surface area contributed by atoms with Crippen molar-refractivity contribution >= 4 is 5.78 Å². The van der Waals surface area contributed by atoms with Crippen LogP contribution >= 0.6 is 0 Å². The van der Waals surface area contributed by atoms with Gasteiger partial charge in [0.05, 0.1) is 0 Å². The Hall–Kier alpha value is -2.03. The van der Waals surface area contributed by atoms with Crippen LogP contribution in [0.4, 0.5) is 0 Å². The third kappa shape index (κ3) is 1.16. The van der Waals surface area contributed by atoms with Gasteiger partial charge in [0.2, 0.25) is 0 Å². The molecule has 3 nitrogen and oxygen atoms in total. The van der Waals surface area contributed by atoms with Gasteiger partial charge in [-0.15, -0.1) is 0 Å². The van der Waals surface area contributed by atoms with E-state index >= 15 is 0 Å². The van der Waals surface area contributed by atoms with Crippen LogP contribution < -0.4 is 10.6 Å². The van der Waals surface area contributed by atoms with Crippen LogP contribution in [0.2, 0.25) is 0 Å². The van der Waals surface area contributed by atoms with Gasteiger partial charge < -0.3 is 10.6 Å². The molecule has 2 heterocycles. The lowest BCUT2D eigenvalue weighted by Crippen LogP contribution is -2.40. The number of dihydropyridines is 2. The summed E-state index contributed by atoms with van der Waals surface area (Å²) in [4.78, 5) is 11.8. The van der Waals surface area contributed by atoms with Crippen molar-refractivity contribution in [2.45, 2.75) is 6.04 Å². The Morgan fingerprint density at radius 3 is 2.93 bits per heavy atom. The molecule has 1 atom stereocenters. The molecule has 0 amide bonds. The molecule has 0 aromatic rings. The van der Waals surface area contributed by atoms with E-state index in [4.69, 9.17) is 0 Å². The van der Waals surface area contributed by atoms with Gasteiger partial charge in [-0.1, -0.05) is 12.2 Å². The molecule has 0 saturated carbocycles. The maximum absolute atomic E-state index is 11.8. The predicted molar refractivity (Wildman–Crippen MR) is 57.6 cm³/mol. The summed E-state index contributed by atoms with van der Waals surface area (Å²) in [5.74, 6) is 0.0977. The van der Waals surface area contributed by atoms with E-state index in [1.807, 2.05) is 30.5 Å². The zero-order valence-electron chi connectivity index (χ0n) is 8.03. The molecule has 3 aliphatic rings. The number of carbonyl (C=O) groups is 1. The molecule has 1 unspecified atom stereocenters. The first kappa shape index (κ1) is 8.29. The van der Waals surface area contributed by atoms with Crippen LogP contribution in [0.1, 0.15) is 0 Å². The van der Waals surface area contributed by atoms with Crippen LogP contribution in [0.3, 0.4) is 0 Å². The molecule has 0 spiro atoms. The highest BCUT2D eigenvalue weighted by atomic mass is 16.1. The second-order valence-corrected chi connectivity index (χ2v) is 3.62. The van der Waals surface area contributed by atoms with E-state index in [2.05, 4.69) is 10.6 Å². The zero-order valence-corrected chi connectivity index (χ0v) is 8.03. The average Bonchev–Trinajstić information content (AvgIpc) is 2.30. The number of rotatable bonds is 0. The standard InChI is InChI=1S/C12H10N2O/c15-11-7-10-8(3-1-5-13-10)9-4-2-6-14-12(9)11/h1-7,12-14H. The monoisotopic (exact) mass is 198 g/mol. The van der Waals surface area contributed by atoms with E-state index in [1.165, 1.54) is 0 Å². The van der Waals surface area contributed by atoms with Crippen molar-refractivity contribution in [3.05, 3.63) is 59.6 Å². The van der Waals surface area contributed by atoms with Crippen LogP contribution in [0.5, 0.6) is 0 Å². The maximum atomic E-state index is 11.8. The number of carbonyl (C=O) groups excluding carboxylic acids is 1. The first-order valence-electron chi connectivity index (χ1n) is 4.89. The summed E-state index contributed by atoms with van der Waals surface area (Å²) in [5, 5.41) is 6.15. The van der Waals surface area contributed by atoms with Crippen molar-refractivity contribution in [2.75, 3.05) is 0 Å². The molecule has 74 valence electrons. The minimum absolute atomic E-state index is 0.0977. The van der Waals surface area contributed by atoms with Crippen molar-refractivity contribution in [3.63, 3.8) is 0 Å². The highest BCUT2D eigenvalue weighted by molar-refractivity contribution is 6.01. The first-order chi connectivity index (χ1) is 7.36. The fraction of sp³-hybridized carbons (Fsp3) is 0.0833. The summed E-state index contributed by atoms with van der Waals surface area (Å²) in [7, 11) is 0. The van der Waals surface area contributed by atoms with Crippen molar-refractivity contribution in [2.24, 2.45) is 0 Å². The van der Waals surface area contributed by atoms with Crippen molar-refractivity contribution in [3.8, 4) is 0 Å². The Bertz CT molecular complexity index is 478. The minimum atomic E-state index is -0.210. The molecule has 2 aliphatic heterocycles. The number of fused-ring (bicyclic) bond motifs is 3. The average molecular weight is 198 g/mol. The van der Waals surface area contributed by atoms with Gasteiger partial charge in [-0.3, -0.25) is 4.79 Å². The third-order valence-corrected chi connectivity index (χ3v) is 2.72. The molecule has 0 fully saturated rings. The summed E-state index contributed by atoms with van der Waals surface area (Å²) in [6, 6.07) is -0.210. The number of nitrogens with one attached hydrogen (secondary N) is 2. The van der Waals surface area contributed by atoms with E-state index in [-0.39, 0.29) is 11.8 Å². The van der Waals surface area contributed by atoms with Gasteiger partial charge in [0, 0.05) is 23.5 Å². The van der Waals surface area contributed by atoms with Gasteiger partial charge in [0.1, 0.15) is 6.04 Å². The lowest BCUT2D eigenvalue weighted by atomic mass is 9.85. The van der Waals surface area contributed by atoms with E-state index in [0.717, 1.165) is 16.8 Å². The number of allylic oxidation sites excluding steroid dienone is 5. The van der Waals surface area contributed by atoms with E-state index in [0.29, 0.717) is 0 Å². The lowest BCUT2D eigenvalue weighted by Gasteiger charge is -2.29. The zero-order chi connectivity index (χ0) is 10.3. The number of ketones is 1. The van der Waals surface area contributed by atoms with Crippen LogP contribution in [0.15, 0.2) is 59.6 Å². The summed E-state index contributed by atoms with van der Waals surface area (Å²) in [6.45, 7) is 0. The molecule has 3 heteroatoms. The highest BCUT2D eigenvalue weighted by Gasteiger charge is 2.30. The molecular formula is C12H10N2O. The molecule has 0 radical (unpaired) electrons. The lowest BCUT2D eigenvalue weighted by molar-refractivity contribution is -0.115. The topological polar surface area (TPSA) is 41.1 Å². The van der Waals surface area contributed by atoms with Crippen molar-refractivity contribution in [1.29, 1.82) is 0 Å². The van der Waals surface area contributed by atoms with Crippen LogP contribution in [0, 0.1) is 0 Å². The minimum Gasteiger partial charge on any atom is -0.377 e. The molecule has 2 N–H and O–H groups in total. The van der Waals surface area contributed by atoms with E-state index in [1.54, 1.807) is 12.3 Å². The maximum Gasteiger partial charge on any atom is 0.184 e. The van der Waals surface area contributed by atoms with Gasteiger partial charge >= 0.3 is 0 Å². The smallest absolute Gasteiger partial charge is 0.184 e. The Morgan fingerprint density at radius 1 is 1.13 bits per heavy atom. The van der Waals surface area contributed by atoms with E-state index < -0.39 is 0 Å². The van der Waals surface area contributed by atoms with Gasteiger partial charge in [-0.05, 0) is 23.9 Å². The molecule has 0 aromatic heterocycles. The van der Waals surface area contributed by atoms with Gasteiger partial charge in [0.15, 0.2) is 5.78 Å². The molecular weight excluding hydrogens is 188 g/mol. The van der Waals surface area contributed by atoms with Gasteiger partial charge in [-0.25, -0.2) is 0 Å². The highest BCUT2D eigenvalue weighted by Crippen LogP contribution is 2.29. The SMILES string of the molecule is O=C1C=C2NC=CC=C2C2=CC=CNC12. The normalized spacial score (nSPS) is 26.5. The molecule has 15 heavy (non-hydrogen) atoms. The second-order valence-electron chi connectivity index (χ2n) is 3.62. The molecule has 0 aromatic carbocycles. The van der Waals surface area contributed by atoms with Crippen molar-refractivity contribution < 1.29 is 4.79 Å². The Balaban J connectivity index is 2.17. The fourth-order valence-electron chi connectivity index (χ4n) is 2.02. The van der Waals surface area contributed by atoms with Gasteiger partial charge in [-0.2, -0.15) is 0 Å². The Labute approximate surface area is 87.5 Å². The van der Waals surface area contributed by atoms with Gasteiger partial charge in [0.25, 0.3) is 0 Å². The van der Waals surface area contributed by atoms with Crippen molar-refractivity contribution in [1.82, 2.24) is 10.6 Å². The molecule has 0 saturated heterocycles. The fourth-order valence-corrected chi connectivity index (χ4v) is 2.02. The molecule has 3 rings (SSSR count). The number of hydrogen-bond acceptors (Lipinski definition) is 3. The first-order valence-corrected chi connectivity index (χ1v) is 4.89. The summed E-state index contributed by atoms with van der Waals surface area (Å²) >= 11 is 0. The van der Waals surface area contributed by atoms with Crippen LogP contribution in [0.25, 0.3) is 0 Å². The Kier molecular flexibility index (Phi) is 1.65. The Morgan fingerprint density at radius 2 is 2.00 bits per heavy atom. The second kappa shape index (κ2) is 2.98. The summed E-state index contributed by atoms with van der Waals surface area (Å²) in [5.41, 5.74) is 3.03.